The summed E-state index contributed by atoms with van der Waals surface area (Å²) >= 11 is 0. The molecule has 11 heavy (non-hydrogen) atoms. The molecular weight excluding hydrogens is 146 g/mol. The zero-order valence-electron chi connectivity index (χ0n) is 7.16. The molecule has 0 bridgehead atoms. The van der Waals surface area contributed by atoms with Gasteiger partial charge in [-0.05, 0) is 20.9 Å². The Labute approximate surface area is 66.4 Å². The lowest BCUT2D eigenvalue weighted by atomic mass is 10.1. The molecule has 0 fully saturated rings. The van der Waals surface area contributed by atoms with E-state index in [0.717, 1.165) is 0 Å². The minimum absolute atomic E-state index is 0.0449. The third-order valence-electron chi connectivity index (χ3n) is 1.79. The van der Waals surface area contributed by atoms with Gasteiger partial charge in [-0.2, -0.15) is 0 Å². The van der Waals surface area contributed by atoms with Crippen LogP contribution in [-0.4, -0.2) is 46.8 Å². The third-order valence-corrected chi connectivity index (χ3v) is 1.79. The lowest BCUT2D eigenvalue weighted by Crippen LogP contribution is -2.46. The molecule has 0 saturated carbocycles. The van der Waals surface area contributed by atoms with Gasteiger partial charge in [0.05, 0.1) is 13.2 Å². The molecule has 0 aliphatic heterocycles. The molecule has 0 rings (SSSR count). The molecule has 0 radical (unpaired) electrons. The molecule has 0 unspecified atom stereocenters. The van der Waals surface area contributed by atoms with Crippen molar-refractivity contribution < 1.29 is 15.0 Å². The van der Waals surface area contributed by atoms with Crippen molar-refractivity contribution in [2.45, 2.75) is 19.4 Å². The first kappa shape index (κ1) is 10.4. The number of rotatable bonds is 4. The van der Waals surface area contributed by atoms with E-state index in [1.54, 1.807) is 25.8 Å². The van der Waals surface area contributed by atoms with Gasteiger partial charge < -0.3 is 10.2 Å². The van der Waals surface area contributed by atoms with Crippen molar-refractivity contribution in [2.24, 2.45) is 0 Å². The fraction of sp³-hybridized carbons (Fsp3) is 0.857. The molecule has 0 aromatic rings. The summed E-state index contributed by atoms with van der Waals surface area (Å²) in [6.45, 7) is 3.48. The van der Waals surface area contributed by atoms with Gasteiger partial charge in [-0.15, -0.1) is 0 Å². The predicted molar refractivity (Wildman–Crippen MR) is 41.4 cm³/mol. The number of nitrogens with zero attached hydrogens (tertiary/aromatic N) is 1. The molecule has 0 amide bonds. The second-order valence-electron chi connectivity index (χ2n) is 3.22. The Kier molecular flexibility index (Phi) is 3.48. The highest BCUT2D eigenvalue weighted by Crippen LogP contribution is 2.09. The normalized spacial score (nSPS) is 12.1. The fourth-order valence-corrected chi connectivity index (χ4v) is 0.538. The minimum atomic E-state index is -0.881. The van der Waals surface area contributed by atoms with Crippen molar-refractivity contribution in [1.29, 1.82) is 0 Å². The zero-order chi connectivity index (χ0) is 9.07. The monoisotopic (exact) mass is 161 g/mol. The molecule has 0 spiro atoms. The van der Waals surface area contributed by atoms with Crippen molar-refractivity contribution >= 4 is 5.97 Å². The maximum absolute atomic E-state index is 10.2. The van der Waals surface area contributed by atoms with Crippen LogP contribution in [0.3, 0.4) is 0 Å². The van der Waals surface area contributed by atoms with E-state index < -0.39 is 11.5 Å². The molecule has 2 N–H and O–H groups in total. The van der Waals surface area contributed by atoms with Crippen LogP contribution in [0.2, 0.25) is 0 Å². The van der Waals surface area contributed by atoms with Crippen LogP contribution in [0.5, 0.6) is 0 Å². The highest BCUT2D eigenvalue weighted by atomic mass is 16.4. The topological polar surface area (TPSA) is 60.8 Å². The second kappa shape index (κ2) is 3.69. The number of carboxylic acid groups (broad SMARTS) is 1. The lowest BCUT2D eigenvalue weighted by molar-refractivity contribution is -0.139. The Morgan fingerprint density at radius 1 is 1.55 bits per heavy atom. The first-order valence-electron chi connectivity index (χ1n) is 3.44. The van der Waals surface area contributed by atoms with Crippen molar-refractivity contribution in [3.63, 3.8) is 0 Å². The Balaban J connectivity index is 4.01. The van der Waals surface area contributed by atoms with Gasteiger partial charge in [0.1, 0.15) is 0 Å². The van der Waals surface area contributed by atoms with Crippen LogP contribution in [0.15, 0.2) is 0 Å². The number of carbonyl (C=O) groups is 1. The molecule has 0 aromatic heterocycles. The maximum atomic E-state index is 10.2. The van der Waals surface area contributed by atoms with E-state index in [-0.39, 0.29) is 13.2 Å². The molecule has 0 atom stereocenters. The van der Waals surface area contributed by atoms with E-state index >= 15 is 0 Å². The quantitative estimate of drug-likeness (QED) is 0.598. The van der Waals surface area contributed by atoms with Crippen molar-refractivity contribution in [1.82, 2.24) is 4.90 Å². The van der Waals surface area contributed by atoms with Gasteiger partial charge in [-0.25, -0.2) is 0 Å². The average molecular weight is 161 g/mol. The molecule has 4 heteroatoms. The van der Waals surface area contributed by atoms with Crippen LogP contribution in [0.1, 0.15) is 13.8 Å². The number of aliphatic carboxylic acids is 1. The number of hydrogen-bond acceptors (Lipinski definition) is 3. The molecule has 0 aliphatic rings. The van der Waals surface area contributed by atoms with Crippen LogP contribution in [-0.2, 0) is 4.79 Å². The third kappa shape index (κ3) is 3.34. The van der Waals surface area contributed by atoms with Gasteiger partial charge >= 0.3 is 5.97 Å². The summed E-state index contributed by atoms with van der Waals surface area (Å²) in [6.07, 6.45) is 0. The minimum Gasteiger partial charge on any atom is -0.480 e. The molecule has 0 heterocycles. The van der Waals surface area contributed by atoms with Crippen LogP contribution in [0, 0.1) is 0 Å². The van der Waals surface area contributed by atoms with E-state index in [1.165, 1.54) is 0 Å². The Bertz CT molecular complexity index is 145. The number of aliphatic hydroxyl groups excluding tert-OH is 1. The number of hydrogen-bond donors (Lipinski definition) is 2. The summed E-state index contributed by atoms with van der Waals surface area (Å²) in [6, 6.07) is 0. The molecule has 0 saturated heterocycles. The summed E-state index contributed by atoms with van der Waals surface area (Å²) in [5.41, 5.74) is -0.460. The number of aliphatic hydroxyl groups is 1. The van der Waals surface area contributed by atoms with Gasteiger partial charge in [-0.3, -0.25) is 9.69 Å². The zero-order valence-corrected chi connectivity index (χ0v) is 7.16. The van der Waals surface area contributed by atoms with Crippen LogP contribution < -0.4 is 0 Å². The Hall–Kier alpha value is -0.610. The van der Waals surface area contributed by atoms with E-state index in [0.29, 0.717) is 0 Å². The van der Waals surface area contributed by atoms with Crippen LogP contribution in [0.25, 0.3) is 0 Å². The summed E-state index contributed by atoms with van der Waals surface area (Å²) in [5.74, 6) is -0.881. The van der Waals surface area contributed by atoms with Gasteiger partial charge in [0.2, 0.25) is 0 Å². The smallest absolute Gasteiger partial charge is 0.317 e. The average Bonchev–Trinajstić information content (AvgIpc) is 1.86. The highest BCUT2D eigenvalue weighted by Gasteiger charge is 2.23. The van der Waals surface area contributed by atoms with Crippen molar-refractivity contribution in [2.75, 3.05) is 20.2 Å². The van der Waals surface area contributed by atoms with Gasteiger partial charge in [0.15, 0.2) is 0 Å². The Morgan fingerprint density at radius 3 is 2.27 bits per heavy atom. The van der Waals surface area contributed by atoms with Gasteiger partial charge in [-0.1, -0.05) is 0 Å². The van der Waals surface area contributed by atoms with Crippen molar-refractivity contribution in [3.05, 3.63) is 0 Å². The number of likely N-dealkylation sites (N-methyl/N-ethyl adjacent to an activating group) is 1. The van der Waals surface area contributed by atoms with Gasteiger partial charge in [0.25, 0.3) is 0 Å². The molecule has 66 valence electrons. The van der Waals surface area contributed by atoms with E-state index in [4.69, 9.17) is 10.2 Å². The van der Waals surface area contributed by atoms with Crippen LogP contribution in [0.4, 0.5) is 0 Å². The van der Waals surface area contributed by atoms with E-state index in [9.17, 15) is 4.79 Å². The van der Waals surface area contributed by atoms with Crippen LogP contribution >= 0.6 is 0 Å². The molecule has 0 aromatic carbocycles. The Morgan fingerprint density at radius 2 is 2.00 bits per heavy atom. The SMILES string of the molecule is CN(CC(=O)O)C(C)(C)CO. The first-order chi connectivity index (χ1) is 4.90. The molecule has 4 nitrogen and oxygen atoms in total. The summed E-state index contributed by atoms with van der Waals surface area (Å²) in [7, 11) is 1.67. The maximum Gasteiger partial charge on any atom is 0.317 e. The number of carboxylic acids is 1. The summed E-state index contributed by atoms with van der Waals surface area (Å²) in [5, 5.41) is 17.3. The van der Waals surface area contributed by atoms with E-state index in [1.807, 2.05) is 0 Å². The first-order valence-corrected chi connectivity index (χ1v) is 3.44. The lowest BCUT2D eigenvalue weighted by Gasteiger charge is -2.32. The van der Waals surface area contributed by atoms with E-state index in [2.05, 4.69) is 0 Å². The standard InChI is InChI=1S/C7H15NO3/c1-7(2,5-9)8(3)4-6(10)11/h9H,4-5H2,1-3H3,(H,10,11). The van der Waals surface area contributed by atoms with Crippen molar-refractivity contribution in [3.8, 4) is 0 Å². The van der Waals surface area contributed by atoms with Gasteiger partial charge in [0, 0.05) is 5.54 Å². The summed E-state index contributed by atoms with van der Waals surface area (Å²) in [4.78, 5) is 11.8. The molecule has 0 aliphatic carbocycles. The second-order valence-corrected chi connectivity index (χ2v) is 3.22. The predicted octanol–water partition coefficient (Wildman–Crippen LogP) is -0.226. The molecular formula is C7H15NO3. The summed E-state index contributed by atoms with van der Waals surface area (Å²) < 4.78 is 0. The fourth-order valence-electron chi connectivity index (χ4n) is 0.538. The largest absolute Gasteiger partial charge is 0.480 e. The highest BCUT2D eigenvalue weighted by molar-refractivity contribution is 5.69.